The molecule has 0 saturated carbocycles. The third kappa shape index (κ3) is 4.04. The van der Waals surface area contributed by atoms with Gasteiger partial charge in [0, 0.05) is 17.3 Å². The lowest BCUT2D eigenvalue weighted by molar-refractivity contribution is -0.118. The molecule has 21 heavy (non-hydrogen) atoms. The Kier molecular flexibility index (Phi) is 4.96. The van der Waals surface area contributed by atoms with Crippen molar-refractivity contribution in [3.63, 3.8) is 0 Å². The molecule has 2 amide bonds. The van der Waals surface area contributed by atoms with Gasteiger partial charge in [0.2, 0.25) is 5.91 Å². The van der Waals surface area contributed by atoms with E-state index in [2.05, 4.69) is 22.9 Å². The fourth-order valence-electron chi connectivity index (χ4n) is 2.49. The molecule has 2 atom stereocenters. The van der Waals surface area contributed by atoms with Gasteiger partial charge in [-0.15, -0.1) is 0 Å². The van der Waals surface area contributed by atoms with E-state index in [4.69, 9.17) is 0 Å². The monoisotopic (exact) mass is 289 g/mol. The third-order valence-electron chi connectivity index (χ3n) is 3.63. The Morgan fingerprint density at radius 2 is 2.10 bits per heavy atom. The number of amides is 2. The Labute approximate surface area is 125 Å². The molecule has 0 aromatic heterocycles. The Morgan fingerprint density at radius 3 is 2.71 bits per heavy atom. The average molecular weight is 289 g/mol. The first-order valence-corrected chi connectivity index (χ1v) is 7.42. The van der Waals surface area contributed by atoms with Crippen molar-refractivity contribution < 1.29 is 9.59 Å². The molecule has 2 rings (SSSR count). The highest BCUT2D eigenvalue weighted by Gasteiger charge is 2.29. The molecule has 3 N–H and O–H groups in total. The van der Waals surface area contributed by atoms with Crippen LogP contribution < -0.4 is 16.0 Å². The fraction of sp³-hybridized carbons (Fsp3) is 0.500. The molecule has 1 aliphatic rings. The summed E-state index contributed by atoms with van der Waals surface area (Å²) < 4.78 is 0. The Balaban J connectivity index is 2.04. The van der Waals surface area contributed by atoms with Crippen molar-refractivity contribution in [1.82, 2.24) is 10.6 Å². The van der Waals surface area contributed by atoms with E-state index in [1.54, 1.807) is 24.3 Å². The van der Waals surface area contributed by atoms with Gasteiger partial charge in [-0.2, -0.15) is 0 Å². The first-order valence-electron chi connectivity index (χ1n) is 7.42. The van der Waals surface area contributed by atoms with Gasteiger partial charge in [0.05, 0.1) is 6.04 Å². The molecule has 0 aliphatic carbocycles. The normalized spacial score (nSPS) is 21.3. The number of hydrogen-bond donors (Lipinski definition) is 3. The summed E-state index contributed by atoms with van der Waals surface area (Å²) in [4.78, 5) is 24.2. The van der Waals surface area contributed by atoms with Gasteiger partial charge < -0.3 is 16.0 Å². The maximum Gasteiger partial charge on any atom is 0.251 e. The summed E-state index contributed by atoms with van der Waals surface area (Å²) in [7, 11) is 0. The minimum absolute atomic E-state index is 0.0404. The Morgan fingerprint density at radius 1 is 1.33 bits per heavy atom. The molecule has 1 aliphatic heterocycles. The molecule has 0 radical (unpaired) electrons. The van der Waals surface area contributed by atoms with Crippen molar-refractivity contribution in [3.8, 4) is 0 Å². The van der Waals surface area contributed by atoms with Crippen LogP contribution in [0.15, 0.2) is 24.3 Å². The van der Waals surface area contributed by atoms with E-state index in [0.29, 0.717) is 17.2 Å². The van der Waals surface area contributed by atoms with Gasteiger partial charge in [-0.25, -0.2) is 0 Å². The van der Waals surface area contributed by atoms with E-state index in [1.165, 1.54) is 0 Å². The van der Waals surface area contributed by atoms with Crippen LogP contribution in [0.3, 0.4) is 0 Å². The molecule has 1 aromatic carbocycles. The molecule has 114 valence electrons. The first-order chi connectivity index (χ1) is 9.97. The molecule has 0 spiro atoms. The van der Waals surface area contributed by atoms with Crippen molar-refractivity contribution in [3.05, 3.63) is 29.8 Å². The van der Waals surface area contributed by atoms with Gasteiger partial charge in [0.15, 0.2) is 0 Å². The molecule has 0 bridgehead atoms. The van der Waals surface area contributed by atoms with E-state index < -0.39 is 0 Å². The van der Waals surface area contributed by atoms with E-state index in [1.807, 2.05) is 13.8 Å². The summed E-state index contributed by atoms with van der Waals surface area (Å²) in [5.74, 6) is 0.160. The molecule has 1 fully saturated rings. The largest absolute Gasteiger partial charge is 0.350 e. The molecule has 5 heteroatoms. The van der Waals surface area contributed by atoms with Crippen LogP contribution in [0.5, 0.6) is 0 Å². The van der Waals surface area contributed by atoms with Crippen LogP contribution in [0.1, 0.15) is 37.6 Å². The Hall–Kier alpha value is -1.88. The maximum absolute atomic E-state index is 12.2. The second kappa shape index (κ2) is 6.72. The van der Waals surface area contributed by atoms with Gasteiger partial charge in [0.25, 0.3) is 5.91 Å². The summed E-state index contributed by atoms with van der Waals surface area (Å²) in [6.07, 6.45) is 1.01. The number of carbonyl (C=O) groups excluding carboxylic acids is 2. The predicted molar refractivity (Wildman–Crippen MR) is 83.2 cm³/mol. The number of nitrogens with one attached hydrogen (secondary N) is 3. The van der Waals surface area contributed by atoms with E-state index in [9.17, 15) is 9.59 Å². The van der Waals surface area contributed by atoms with Crippen molar-refractivity contribution in [1.29, 1.82) is 0 Å². The van der Waals surface area contributed by atoms with Crippen LogP contribution in [-0.4, -0.2) is 30.4 Å². The van der Waals surface area contributed by atoms with Crippen molar-refractivity contribution in [2.24, 2.45) is 5.92 Å². The topological polar surface area (TPSA) is 70.2 Å². The minimum atomic E-state index is -0.154. The molecule has 5 nitrogen and oxygen atoms in total. The highest BCUT2D eigenvalue weighted by atomic mass is 16.2. The molecule has 1 heterocycles. The van der Waals surface area contributed by atoms with Crippen LogP contribution in [-0.2, 0) is 4.79 Å². The van der Waals surface area contributed by atoms with Crippen LogP contribution in [0, 0.1) is 5.92 Å². The zero-order chi connectivity index (χ0) is 15.4. The quantitative estimate of drug-likeness (QED) is 0.791. The predicted octanol–water partition coefficient (Wildman–Crippen LogP) is 1.76. The lowest BCUT2D eigenvalue weighted by Crippen LogP contribution is -2.39. The van der Waals surface area contributed by atoms with Crippen molar-refractivity contribution >= 4 is 17.5 Å². The zero-order valence-corrected chi connectivity index (χ0v) is 12.8. The van der Waals surface area contributed by atoms with Crippen LogP contribution >= 0.6 is 0 Å². The van der Waals surface area contributed by atoms with Gasteiger partial charge in [-0.1, -0.05) is 13.0 Å². The number of carbonyl (C=O) groups is 2. The second-order valence-electron chi connectivity index (χ2n) is 5.90. The smallest absolute Gasteiger partial charge is 0.251 e. The minimum Gasteiger partial charge on any atom is -0.350 e. The third-order valence-corrected chi connectivity index (χ3v) is 3.63. The summed E-state index contributed by atoms with van der Waals surface area (Å²) in [5.41, 5.74) is 1.20. The number of anilines is 1. The summed E-state index contributed by atoms with van der Waals surface area (Å²) in [5, 5.41) is 8.92. The van der Waals surface area contributed by atoms with E-state index in [0.717, 1.165) is 13.0 Å². The van der Waals surface area contributed by atoms with Gasteiger partial charge in [0.1, 0.15) is 0 Å². The van der Waals surface area contributed by atoms with Crippen molar-refractivity contribution in [2.75, 3.05) is 11.9 Å². The standard InChI is InChI=1S/C16H23N3O2/c1-10(2)18-15(20)12-5-4-6-13(9-12)19-16(21)14-11(3)7-8-17-14/h4-6,9-11,14,17H,7-8H2,1-3H3,(H,18,20)(H,19,21). The van der Waals surface area contributed by atoms with Crippen LogP contribution in [0.25, 0.3) is 0 Å². The molecule has 1 aromatic rings. The van der Waals surface area contributed by atoms with Gasteiger partial charge >= 0.3 is 0 Å². The first kappa shape index (κ1) is 15.5. The van der Waals surface area contributed by atoms with Crippen LogP contribution in [0.2, 0.25) is 0 Å². The van der Waals surface area contributed by atoms with E-state index in [-0.39, 0.29) is 23.9 Å². The molecule has 2 unspecified atom stereocenters. The molecular formula is C16H23N3O2. The average Bonchev–Trinajstić information content (AvgIpc) is 2.84. The summed E-state index contributed by atoms with van der Waals surface area (Å²) in [6, 6.07) is 6.94. The maximum atomic E-state index is 12.2. The van der Waals surface area contributed by atoms with Gasteiger partial charge in [-0.05, 0) is 50.9 Å². The Bertz CT molecular complexity index is 528. The number of benzene rings is 1. The second-order valence-corrected chi connectivity index (χ2v) is 5.90. The summed E-state index contributed by atoms with van der Waals surface area (Å²) >= 11 is 0. The van der Waals surface area contributed by atoms with Crippen LogP contribution in [0.4, 0.5) is 5.69 Å². The molecular weight excluding hydrogens is 266 g/mol. The number of hydrogen-bond acceptors (Lipinski definition) is 3. The highest BCUT2D eigenvalue weighted by molar-refractivity contribution is 5.98. The SMILES string of the molecule is CC(C)NC(=O)c1cccc(NC(=O)C2NCCC2C)c1. The van der Waals surface area contributed by atoms with Crippen molar-refractivity contribution in [2.45, 2.75) is 39.3 Å². The summed E-state index contributed by atoms with van der Waals surface area (Å²) in [6.45, 7) is 6.76. The lowest BCUT2D eigenvalue weighted by atomic mass is 10.0. The number of rotatable bonds is 4. The highest BCUT2D eigenvalue weighted by Crippen LogP contribution is 2.17. The molecule has 1 saturated heterocycles. The zero-order valence-electron chi connectivity index (χ0n) is 12.8. The van der Waals surface area contributed by atoms with Gasteiger partial charge in [-0.3, -0.25) is 9.59 Å². The lowest BCUT2D eigenvalue weighted by Gasteiger charge is -2.16. The van der Waals surface area contributed by atoms with E-state index >= 15 is 0 Å². The fourth-order valence-corrected chi connectivity index (χ4v) is 2.49.